The fraction of sp³-hybridized carbons (Fsp3) is 0.810. The van der Waals surface area contributed by atoms with Gasteiger partial charge in [-0.1, -0.05) is 13.8 Å². The minimum Gasteiger partial charge on any atom is -0.393 e. The Morgan fingerprint density at radius 1 is 1.33 bits per heavy atom. The van der Waals surface area contributed by atoms with Gasteiger partial charge in [0.25, 0.3) is 0 Å². The molecule has 150 valence electrons. The fourth-order valence-electron chi connectivity index (χ4n) is 7.06. The van der Waals surface area contributed by atoms with Gasteiger partial charge in [-0.05, 0) is 62.0 Å². The number of aliphatic hydroxyl groups excluding tert-OH is 2. The van der Waals surface area contributed by atoms with Crippen LogP contribution in [-0.4, -0.2) is 50.9 Å². The molecule has 0 radical (unpaired) electrons. The molecule has 0 aromatic carbocycles. The van der Waals surface area contributed by atoms with Crippen molar-refractivity contribution < 1.29 is 29.3 Å². The van der Waals surface area contributed by atoms with Crippen molar-refractivity contribution in [3.05, 3.63) is 11.6 Å². The Morgan fingerprint density at radius 2 is 2.04 bits per heavy atom. The molecule has 5 nitrogen and oxygen atoms in total. The topological polar surface area (TPSA) is 94.8 Å². The van der Waals surface area contributed by atoms with Crippen LogP contribution in [0.1, 0.15) is 52.4 Å². The Balaban J connectivity index is 1.74. The lowest BCUT2D eigenvalue weighted by Gasteiger charge is -2.59. The van der Waals surface area contributed by atoms with Gasteiger partial charge in [0.1, 0.15) is 17.9 Å². The van der Waals surface area contributed by atoms with Crippen LogP contribution in [0, 0.1) is 29.1 Å². The van der Waals surface area contributed by atoms with E-state index in [1.165, 1.54) is 6.08 Å². The first-order valence-electron chi connectivity index (χ1n) is 10.1. The van der Waals surface area contributed by atoms with E-state index in [9.17, 15) is 24.9 Å². The van der Waals surface area contributed by atoms with Gasteiger partial charge in [0.15, 0.2) is 11.6 Å². The van der Waals surface area contributed by atoms with Crippen molar-refractivity contribution in [2.45, 2.75) is 69.7 Å². The van der Waals surface area contributed by atoms with Gasteiger partial charge < -0.3 is 15.3 Å². The Labute approximate surface area is 158 Å². The second-order valence-electron chi connectivity index (χ2n) is 9.54. The van der Waals surface area contributed by atoms with E-state index in [4.69, 9.17) is 0 Å². The molecule has 6 heteroatoms. The first kappa shape index (κ1) is 19.2. The number of carbonyl (C=O) groups excluding carboxylic acids is 2. The molecule has 0 aromatic rings. The predicted octanol–water partition coefficient (Wildman–Crippen LogP) is 1.73. The molecule has 0 spiro atoms. The Morgan fingerprint density at radius 3 is 2.70 bits per heavy atom. The number of halogens is 1. The van der Waals surface area contributed by atoms with Gasteiger partial charge in [0, 0.05) is 17.3 Å². The summed E-state index contributed by atoms with van der Waals surface area (Å²) in [7, 11) is 0. The van der Waals surface area contributed by atoms with Crippen molar-refractivity contribution >= 4 is 11.6 Å². The van der Waals surface area contributed by atoms with E-state index in [1.54, 1.807) is 13.8 Å². The minimum atomic E-state index is -1.70. The maximum absolute atomic E-state index is 16.3. The third kappa shape index (κ3) is 2.33. The second-order valence-corrected chi connectivity index (χ2v) is 9.54. The summed E-state index contributed by atoms with van der Waals surface area (Å²) in [5.41, 5.74) is -3.73. The average Bonchev–Trinajstić information content (AvgIpc) is 2.87. The van der Waals surface area contributed by atoms with Gasteiger partial charge in [-0.15, -0.1) is 0 Å². The zero-order chi connectivity index (χ0) is 19.8. The number of aliphatic hydroxyl groups is 3. The van der Waals surface area contributed by atoms with Crippen molar-refractivity contribution in [1.29, 1.82) is 0 Å². The van der Waals surface area contributed by atoms with Crippen LogP contribution in [0.25, 0.3) is 0 Å². The first-order valence-corrected chi connectivity index (χ1v) is 10.1. The molecular formula is C21H29FO5. The summed E-state index contributed by atoms with van der Waals surface area (Å²) in [6.07, 6.45) is 2.61. The summed E-state index contributed by atoms with van der Waals surface area (Å²) in [4.78, 5) is 24.4. The molecule has 3 N–H and O–H groups in total. The summed E-state index contributed by atoms with van der Waals surface area (Å²) in [5.74, 6) is -1.92. The third-order valence-electron chi connectivity index (χ3n) is 8.43. The van der Waals surface area contributed by atoms with Crippen LogP contribution < -0.4 is 0 Å². The van der Waals surface area contributed by atoms with E-state index < -0.39 is 47.0 Å². The standard InChI is InChI=1S/C21H29FO5/c1-11-8-20(22)12(7-15(11)24)3-4-13-14-5-6-21(27,17(26)10-23)19(14,2)9-16(25)18(13)20/h7,11,13-14,16,18,23,25,27H,3-6,8-10H2,1-2H3. The summed E-state index contributed by atoms with van der Waals surface area (Å²) >= 11 is 0. The molecule has 8 atom stereocenters. The maximum atomic E-state index is 16.3. The molecule has 0 aromatic heterocycles. The van der Waals surface area contributed by atoms with E-state index >= 15 is 4.39 Å². The highest BCUT2D eigenvalue weighted by atomic mass is 19.1. The van der Waals surface area contributed by atoms with E-state index in [1.807, 2.05) is 0 Å². The molecule has 3 fully saturated rings. The quantitative estimate of drug-likeness (QED) is 0.678. The Bertz CT molecular complexity index is 719. The minimum absolute atomic E-state index is 0.0457. The van der Waals surface area contributed by atoms with E-state index in [0.29, 0.717) is 24.8 Å². The number of allylic oxidation sites excluding steroid dienone is 1. The van der Waals surface area contributed by atoms with Crippen molar-refractivity contribution in [1.82, 2.24) is 0 Å². The molecule has 3 saturated carbocycles. The van der Waals surface area contributed by atoms with Gasteiger partial charge in [-0.25, -0.2) is 4.39 Å². The summed E-state index contributed by atoms with van der Waals surface area (Å²) < 4.78 is 16.3. The molecule has 0 saturated heterocycles. The SMILES string of the molecule is CC1CC2(F)C(=CC1=O)CCC1C2C(O)CC2(C)C1CCC2(O)C(=O)CO. The van der Waals surface area contributed by atoms with Gasteiger partial charge >= 0.3 is 0 Å². The monoisotopic (exact) mass is 380 g/mol. The number of alkyl halides is 1. The second kappa shape index (κ2) is 5.94. The highest BCUT2D eigenvalue weighted by molar-refractivity contribution is 5.93. The number of Topliss-reactive ketones (excluding diaryl/α,β-unsaturated/α-hetero) is 1. The van der Waals surface area contributed by atoms with Crippen molar-refractivity contribution in [3.8, 4) is 0 Å². The average molecular weight is 380 g/mol. The van der Waals surface area contributed by atoms with E-state index in [0.717, 1.165) is 0 Å². The van der Waals surface area contributed by atoms with Gasteiger partial charge in [0.05, 0.1) is 6.10 Å². The highest BCUT2D eigenvalue weighted by Crippen LogP contribution is 2.66. The van der Waals surface area contributed by atoms with Crippen molar-refractivity contribution in [2.75, 3.05) is 6.61 Å². The fourth-order valence-corrected chi connectivity index (χ4v) is 7.06. The number of fused-ring (bicyclic) bond motifs is 5. The van der Waals surface area contributed by atoms with Crippen LogP contribution in [0.15, 0.2) is 11.6 Å². The zero-order valence-corrected chi connectivity index (χ0v) is 15.9. The van der Waals surface area contributed by atoms with E-state index in [-0.39, 0.29) is 36.9 Å². The van der Waals surface area contributed by atoms with Crippen molar-refractivity contribution in [2.24, 2.45) is 29.1 Å². The molecule has 27 heavy (non-hydrogen) atoms. The summed E-state index contributed by atoms with van der Waals surface area (Å²) in [5, 5.41) is 31.5. The number of rotatable bonds is 2. The summed E-state index contributed by atoms with van der Waals surface area (Å²) in [6, 6.07) is 0. The molecule has 0 aliphatic heterocycles. The van der Waals surface area contributed by atoms with Crippen LogP contribution in [0.3, 0.4) is 0 Å². The van der Waals surface area contributed by atoms with E-state index in [2.05, 4.69) is 0 Å². The van der Waals surface area contributed by atoms with Crippen LogP contribution in [-0.2, 0) is 9.59 Å². The number of carbonyl (C=O) groups is 2. The Hall–Kier alpha value is -1.11. The van der Waals surface area contributed by atoms with Crippen LogP contribution in [0.2, 0.25) is 0 Å². The largest absolute Gasteiger partial charge is 0.393 e. The van der Waals surface area contributed by atoms with Gasteiger partial charge in [0.2, 0.25) is 0 Å². The highest BCUT2D eigenvalue weighted by Gasteiger charge is 2.69. The molecule has 0 amide bonds. The van der Waals surface area contributed by atoms with Gasteiger partial charge in [-0.3, -0.25) is 9.59 Å². The maximum Gasteiger partial charge on any atom is 0.190 e. The van der Waals surface area contributed by atoms with Crippen LogP contribution in [0.5, 0.6) is 0 Å². The Kier molecular flexibility index (Phi) is 4.23. The lowest BCUT2D eigenvalue weighted by atomic mass is 9.48. The smallest absolute Gasteiger partial charge is 0.190 e. The van der Waals surface area contributed by atoms with Crippen molar-refractivity contribution in [3.63, 3.8) is 0 Å². The lowest BCUT2D eigenvalue weighted by molar-refractivity contribution is -0.186. The molecule has 4 aliphatic rings. The van der Waals surface area contributed by atoms with Crippen LogP contribution in [0.4, 0.5) is 4.39 Å². The van der Waals surface area contributed by atoms with Gasteiger partial charge in [-0.2, -0.15) is 0 Å². The third-order valence-corrected chi connectivity index (χ3v) is 8.43. The number of ketones is 2. The van der Waals surface area contributed by atoms with Crippen LogP contribution >= 0.6 is 0 Å². The first-order chi connectivity index (χ1) is 12.6. The number of hydrogen-bond acceptors (Lipinski definition) is 5. The lowest BCUT2D eigenvalue weighted by Crippen LogP contribution is -2.63. The number of hydrogen-bond donors (Lipinski definition) is 3. The zero-order valence-electron chi connectivity index (χ0n) is 15.9. The summed E-state index contributed by atoms with van der Waals surface area (Å²) in [6.45, 7) is 2.80. The molecule has 0 bridgehead atoms. The normalized spacial score (nSPS) is 51.9. The molecule has 4 aliphatic carbocycles. The molecular weight excluding hydrogens is 351 g/mol. The molecule has 0 heterocycles. The predicted molar refractivity (Wildman–Crippen MR) is 95.4 cm³/mol. The molecule has 4 rings (SSSR count). The molecule has 8 unspecified atom stereocenters.